The van der Waals surface area contributed by atoms with Crippen molar-refractivity contribution in [2.45, 2.75) is 58.2 Å². The van der Waals surface area contributed by atoms with Crippen LogP contribution in [0.2, 0.25) is 0 Å². The highest BCUT2D eigenvalue weighted by Crippen LogP contribution is 2.38. The second-order valence-corrected chi connectivity index (χ2v) is 6.85. The molecule has 2 heterocycles. The first-order valence-corrected chi connectivity index (χ1v) is 8.66. The molecule has 0 unspecified atom stereocenters. The third kappa shape index (κ3) is 2.82. The van der Waals surface area contributed by atoms with Crippen molar-refractivity contribution in [2.24, 2.45) is 0 Å². The third-order valence-corrected chi connectivity index (χ3v) is 4.50. The minimum absolute atomic E-state index is 0.0997. The Hall–Kier alpha value is -2.21. The number of imidazole rings is 1. The zero-order valence-electron chi connectivity index (χ0n) is 14.4. The van der Waals surface area contributed by atoms with E-state index in [2.05, 4.69) is 59.0 Å². The Morgan fingerprint density at radius 1 is 1.21 bits per heavy atom. The monoisotopic (exact) mass is 325 g/mol. The van der Waals surface area contributed by atoms with Gasteiger partial charge in [0.25, 0.3) is 0 Å². The maximum atomic E-state index is 5.31. The van der Waals surface area contributed by atoms with Crippen LogP contribution in [0, 0.1) is 0 Å². The lowest BCUT2D eigenvalue weighted by molar-refractivity contribution is 0.370. The maximum Gasteiger partial charge on any atom is 0.229 e. The van der Waals surface area contributed by atoms with E-state index < -0.39 is 0 Å². The van der Waals surface area contributed by atoms with Crippen LogP contribution in [0.1, 0.15) is 69.2 Å². The van der Waals surface area contributed by atoms with Gasteiger partial charge in [-0.3, -0.25) is 0 Å². The van der Waals surface area contributed by atoms with Gasteiger partial charge in [-0.15, -0.1) is 0 Å². The van der Waals surface area contributed by atoms with E-state index in [1.807, 2.05) is 6.07 Å². The van der Waals surface area contributed by atoms with Gasteiger partial charge in [-0.2, -0.15) is 4.98 Å². The van der Waals surface area contributed by atoms with Crippen LogP contribution < -0.4 is 5.32 Å². The molecular weight excluding hydrogens is 302 g/mol. The van der Waals surface area contributed by atoms with Crippen LogP contribution >= 0.6 is 0 Å². The molecule has 1 atom stereocenters. The quantitative estimate of drug-likeness (QED) is 0.748. The van der Waals surface area contributed by atoms with Crippen molar-refractivity contribution >= 4 is 11.0 Å². The van der Waals surface area contributed by atoms with Crippen LogP contribution in [-0.2, 0) is 6.54 Å². The predicted molar refractivity (Wildman–Crippen MR) is 91.6 cm³/mol. The number of para-hydroxylation sites is 2. The topological polar surface area (TPSA) is 68.8 Å². The summed E-state index contributed by atoms with van der Waals surface area (Å²) in [6, 6.07) is 8.72. The van der Waals surface area contributed by atoms with Crippen LogP contribution in [0.5, 0.6) is 0 Å². The van der Waals surface area contributed by atoms with Gasteiger partial charge in [0, 0.05) is 12.0 Å². The molecule has 6 nitrogen and oxygen atoms in total. The van der Waals surface area contributed by atoms with Gasteiger partial charge >= 0.3 is 0 Å². The van der Waals surface area contributed by atoms with E-state index >= 15 is 0 Å². The summed E-state index contributed by atoms with van der Waals surface area (Å²) in [6.07, 6.45) is 2.34. The number of hydrogen-bond donors (Lipinski definition) is 1. The lowest BCUT2D eigenvalue weighted by Gasteiger charge is -2.18. The van der Waals surface area contributed by atoms with Crippen molar-refractivity contribution in [3.8, 4) is 0 Å². The van der Waals surface area contributed by atoms with E-state index in [1.54, 1.807) is 0 Å². The number of nitrogens with one attached hydrogen (secondary N) is 1. The molecule has 1 N–H and O–H groups in total. The summed E-state index contributed by atoms with van der Waals surface area (Å²) in [5.41, 5.74) is 2.21. The molecule has 0 bridgehead atoms. The highest BCUT2D eigenvalue weighted by molar-refractivity contribution is 5.76. The second kappa shape index (κ2) is 6.02. The molecule has 4 rings (SSSR count). The predicted octanol–water partition coefficient (Wildman–Crippen LogP) is 3.73. The van der Waals surface area contributed by atoms with Gasteiger partial charge in [-0.05, 0) is 45.7 Å². The Morgan fingerprint density at radius 3 is 2.75 bits per heavy atom. The molecule has 24 heavy (non-hydrogen) atoms. The van der Waals surface area contributed by atoms with Crippen molar-refractivity contribution in [2.75, 3.05) is 0 Å². The van der Waals surface area contributed by atoms with Gasteiger partial charge in [0.15, 0.2) is 5.82 Å². The summed E-state index contributed by atoms with van der Waals surface area (Å²) in [5, 5.41) is 7.54. The number of fused-ring (bicyclic) bond motifs is 1. The third-order valence-electron chi connectivity index (χ3n) is 4.50. The van der Waals surface area contributed by atoms with Gasteiger partial charge in [0.05, 0.1) is 23.6 Å². The van der Waals surface area contributed by atoms with E-state index in [9.17, 15) is 0 Å². The number of benzene rings is 1. The molecule has 0 radical (unpaired) electrons. The lowest BCUT2D eigenvalue weighted by atomic mass is 10.2. The summed E-state index contributed by atoms with van der Waals surface area (Å²) in [6.45, 7) is 7.08. The first-order valence-electron chi connectivity index (χ1n) is 8.66. The minimum Gasteiger partial charge on any atom is -0.339 e. The van der Waals surface area contributed by atoms with Crippen molar-refractivity contribution < 1.29 is 4.52 Å². The Bertz CT molecular complexity index is 846. The van der Waals surface area contributed by atoms with E-state index in [1.165, 1.54) is 18.4 Å². The maximum absolute atomic E-state index is 5.31. The molecule has 0 spiro atoms. The van der Waals surface area contributed by atoms with Gasteiger partial charge in [0.2, 0.25) is 5.89 Å². The van der Waals surface area contributed by atoms with Crippen molar-refractivity contribution in [3.05, 3.63) is 41.8 Å². The molecule has 1 saturated carbocycles. The Balaban J connectivity index is 1.53. The highest BCUT2D eigenvalue weighted by atomic mass is 16.5. The normalized spacial score (nSPS) is 16.2. The number of nitrogens with zero attached hydrogens (tertiary/aromatic N) is 4. The minimum atomic E-state index is 0.0997. The van der Waals surface area contributed by atoms with E-state index in [-0.39, 0.29) is 6.04 Å². The molecule has 3 aromatic rings. The Kier molecular flexibility index (Phi) is 3.84. The number of hydrogen-bond acceptors (Lipinski definition) is 5. The molecule has 126 valence electrons. The van der Waals surface area contributed by atoms with Gasteiger partial charge < -0.3 is 14.4 Å². The molecule has 1 aliphatic carbocycles. The smallest absolute Gasteiger partial charge is 0.229 e. The fraction of sp³-hybridized carbons (Fsp3) is 0.500. The molecular formula is C18H23N5O. The first kappa shape index (κ1) is 15.3. The molecule has 6 heteroatoms. The van der Waals surface area contributed by atoms with Crippen LogP contribution in [-0.4, -0.2) is 19.7 Å². The largest absolute Gasteiger partial charge is 0.339 e. The molecule has 0 saturated heterocycles. The average Bonchev–Trinajstić information content (AvgIpc) is 3.18. The van der Waals surface area contributed by atoms with Crippen LogP contribution in [0.4, 0.5) is 0 Å². The number of rotatable bonds is 6. The first-order chi connectivity index (χ1) is 11.6. The van der Waals surface area contributed by atoms with Crippen molar-refractivity contribution in [1.82, 2.24) is 25.0 Å². The second-order valence-electron chi connectivity index (χ2n) is 6.85. The van der Waals surface area contributed by atoms with E-state index in [0.29, 0.717) is 18.5 Å². The molecule has 1 aliphatic rings. The summed E-state index contributed by atoms with van der Waals surface area (Å²) in [5.74, 6) is 3.04. The fourth-order valence-electron chi connectivity index (χ4n) is 3.08. The van der Waals surface area contributed by atoms with E-state index in [4.69, 9.17) is 9.51 Å². The summed E-state index contributed by atoms with van der Waals surface area (Å²) < 4.78 is 7.61. The zero-order chi connectivity index (χ0) is 16.7. The fourth-order valence-corrected chi connectivity index (χ4v) is 3.08. The molecule has 0 amide bonds. The molecule has 1 aromatic carbocycles. The van der Waals surface area contributed by atoms with Gasteiger partial charge in [0.1, 0.15) is 5.82 Å². The molecule has 1 fully saturated rings. The molecule has 0 aliphatic heterocycles. The van der Waals surface area contributed by atoms with Crippen LogP contribution in [0.15, 0.2) is 28.8 Å². The summed E-state index contributed by atoms with van der Waals surface area (Å²) in [4.78, 5) is 9.30. The average molecular weight is 325 g/mol. The Morgan fingerprint density at radius 2 is 2.00 bits per heavy atom. The van der Waals surface area contributed by atoms with Crippen LogP contribution in [0.25, 0.3) is 11.0 Å². The summed E-state index contributed by atoms with van der Waals surface area (Å²) >= 11 is 0. The van der Waals surface area contributed by atoms with Gasteiger partial charge in [-0.25, -0.2) is 4.98 Å². The lowest BCUT2D eigenvalue weighted by Crippen LogP contribution is -2.23. The highest BCUT2D eigenvalue weighted by Gasteiger charge is 2.29. The van der Waals surface area contributed by atoms with Gasteiger partial charge in [-0.1, -0.05) is 17.3 Å². The standard InChI is InChI=1S/C18H23N5O/c1-11(2)23-15-7-5-4-6-14(15)20-17(23)12(3)19-10-16-21-18(24-22-16)13-8-9-13/h4-7,11-13,19H,8-10H2,1-3H3/t12-/m1/s1. The SMILES string of the molecule is CC(C)n1c([C@@H](C)NCc2noc(C3CC3)n2)nc2ccccc21. The number of aromatic nitrogens is 4. The summed E-state index contributed by atoms with van der Waals surface area (Å²) in [7, 11) is 0. The van der Waals surface area contributed by atoms with Crippen molar-refractivity contribution in [1.29, 1.82) is 0 Å². The van der Waals surface area contributed by atoms with Crippen molar-refractivity contribution in [3.63, 3.8) is 0 Å². The van der Waals surface area contributed by atoms with Crippen LogP contribution in [0.3, 0.4) is 0 Å². The Labute approximate surface area is 141 Å². The zero-order valence-corrected chi connectivity index (χ0v) is 14.4. The molecule has 2 aromatic heterocycles. The van der Waals surface area contributed by atoms with E-state index in [0.717, 1.165) is 23.1 Å².